The number of benzene rings is 1. The van der Waals surface area contributed by atoms with Gasteiger partial charge < -0.3 is 14.7 Å². The lowest BCUT2D eigenvalue weighted by Gasteiger charge is -2.16. The number of para-hydroxylation sites is 1. The van der Waals surface area contributed by atoms with Crippen molar-refractivity contribution in [2.75, 3.05) is 20.2 Å². The molecule has 0 atom stereocenters. The maximum absolute atomic E-state index is 11.1. The number of carboxylic acid groups (broad SMARTS) is 1. The minimum atomic E-state index is -1.15. The lowest BCUT2D eigenvalue weighted by molar-refractivity contribution is 0.0682. The summed E-state index contributed by atoms with van der Waals surface area (Å²) in [6.07, 6.45) is 2.49. The Balaban J connectivity index is 1.80. The van der Waals surface area contributed by atoms with Gasteiger partial charge in [-0.15, -0.1) is 0 Å². The molecular formula is C15H17N3O3. The highest BCUT2D eigenvalue weighted by Gasteiger charge is 2.25. The third-order valence-corrected chi connectivity index (χ3v) is 3.61. The van der Waals surface area contributed by atoms with E-state index in [-0.39, 0.29) is 5.82 Å². The van der Waals surface area contributed by atoms with E-state index in [1.54, 1.807) is 6.07 Å². The van der Waals surface area contributed by atoms with Crippen LogP contribution in [-0.2, 0) is 0 Å². The van der Waals surface area contributed by atoms with E-state index >= 15 is 0 Å². The first kappa shape index (κ1) is 13.8. The summed E-state index contributed by atoms with van der Waals surface area (Å²) in [4.78, 5) is 21.4. The molecule has 0 radical (unpaired) electrons. The highest BCUT2D eigenvalue weighted by molar-refractivity contribution is 5.89. The largest absolute Gasteiger partial charge is 0.476 e. The summed E-state index contributed by atoms with van der Waals surface area (Å²) < 4.78 is 5.70. The van der Waals surface area contributed by atoms with E-state index in [0.717, 1.165) is 11.9 Å². The molecule has 0 spiro atoms. The molecule has 0 aliphatic heterocycles. The molecule has 1 N–H and O–H groups in total. The summed E-state index contributed by atoms with van der Waals surface area (Å²) >= 11 is 0. The minimum Gasteiger partial charge on any atom is -0.476 e. The van der Waals surface area contributed by atoms with Gasteiger partial charge in [-0.3, -0.25) is 0 Å². The van der Waals surface area contributed by atoms with Crippen LogP contribution in [0.2, 0.25) is 0 Å². The number of carbonyl (C=O) groups is 1. The Morgan fingerprint density at radius 1 is 1.38 bits per heavy atom. The lowest BCUT2D eigenvalue weighted by Crippen LogP contribution is -2.26. The fourth-order valence-electron chi connectivity index (χ4n) is 2.24. The lowest BCUT2D eigenvalue weighted by atomic mass is 10.2. The molecule has 1 fully saturated rings. The SMILES string of the molecule is CN(CCOc1nc(C(=O)O)nc2ccccc12)C1CC1. The Hall–Kier alpha value is -2.21. The van der Waals surface area contributed by atoms with Crippen molar-refractivity contribution in [3.05, 3.63) is 30.1 Å². The van der Waals surface area contributed by atoms with Crippen LogP contribution < -0.4 is 4.74 Å². The van der Waals surface area contributed by atoms with Gasteiger partial charge in [-0.25, -0.2) is 9.78 Å². The number of aromatic nitrogens is 2. The third kappa shape index (κ3) is 3.11. The molecule has 1 aromatic heterocycles. The van der Waals surface area contributed by atoms with E-state index in [1.807, 2.05) is 18.2 Å². The number of hydrogen-bond donors (Lipinski definition) is 1. The number of likely N-dealkylation sites (N-methyl/N-ethyl adjacent to an activating group) is 1. The van der Waals surface area contributed by atoms with Crippen molar-refractivity contribution in [1.82, 2.24) is 14.9 Å². The van der Waals surface area contributed by atoms with Crippen LogP contribution in [-0.4, -0.2) is 52.2 Å². The maximum atomic E-state index is 11.1. The topological polar surface area (TPSA) is 75.5 Å². The van der Waals surface area contributed by atoms with Gasteiger partial charge in [-0.1, -0.05) is 12.1 Å². The molecule has 110 valence electrons. The van der Waals surface area contributed by atoms with Crippen LogP contribution in [0.5, 0.6) is 5.88 Å². The zero-order valence-electron chi connectivity index (χ0n) is 11.8. The first-order valence-electron chi connectivity index (χ1n) is 6.98. The molecule has 3 rings (SSSR count). The van der Waals surface area contributed by atoms with E-state index in [4.69, 9.17) is 9.84 Å². The molecule has 1 aromatic carbocycles. The molecule has 0 amide bonds. The fourth-order valence-corrected chi connectivity index (χ4v) is 2.24. The van der Waals surface area contributed by atoms with Gasteiger partial charge in [0.05, 0.1) is 10.9 Å². The molecule has 1 aliphatic carbocycles. The number of fused-ring (bicyclic) bond motifs is 1. The van der Waals surface area contributed by atoms with Gasteiger partial charge in [0.2, 0.25) is 11.7 Å². The van der Waals surface area contributed by atoms with Gasteiger partial charge in [-0.2, -0.15) is 4.98 Å². The molecule has 1 aliphatic rings. The number of ether oxygens (including phenoxy) is 1. The van der Waals surface area contributed by atoms with E-state index in [0.29, 0.717) is 24.0 Å². The average molecular weight is 287 g/mol. The summed E-state index contributed by atoms with van der Waals surface area (Å²) in [5, 5.41) is 9.81. The monoisotopic (exact) mass is 287 g/mol. The standard InChI is InChI=1S/C15H17N3O3/c1-18(10-6-7-10)8-9-21-14-11-4-2-3-5-12(11)16-13(17-14)15(19)20/h2-5,10H,6-9H2,1H3,(H,19,20). The number of hydrogen-bond acceptors (Lipinski definition) is 5. The van der Waals surface area contributed by atoms with E-state index in [9.17, 15) is 4.79 Å². The minimum absolute atomic E-state index is 0.237. The van der Waals surface area contributed by atoms with Gasteiger partial charge in [0.15, 0.2) is 0 Å². The molecule has 6 nitrogen and oxygen atoms in total. The zero-order chi connectivity index (χ0) is 14.8. The summed E-state index contributed by atoms with van der Waals surface area (Å²) in [6, 6.07) is 7.93. The van der Waals surface area contributed by atoms with Gasteiger partial charge in [0, 0.05) is 12.6 Å². The van der Waals surface area contributed by atoms with Crippen LogP contribution in [0.3, 0.4) is 0 Å². The average Bonchev–Trinajstić information content (AvgIpc) is 3.31. The van der Waals surface area contributed by atoms with Crippen LogP contribution in [0, 0.1) is 0 Å². The summed E-state index contributed by atoms with van der Waals surface area (Å²) in [5.74, 6) is -1.05. The van der Waals surface area contributed by atoms with E-state index in [2.05, 4.69) is 21.9 Å². The maximum Gasteiger partial charge on any atom is 0.374 e. The molecule has 0 saturated heterocycles. The molecule has 6 heteroatoms. The number of rotatable bonds is 6. The molecule has 0 unspecified atom stereocenters. The highest BCUT2D eigenvalue weighted by atomic mass is 16.5. The molecule has 1 saturated carbocycles. The van der Waals surface area contributed by atoms with Gasteiger partial charge in [0.1, 0.15) is 6.61 Å². The number of aromatic carboxylic acids is 1. The predicted octanol–water partition coefficient (Wildman–Crippen LogP) is 1.80. The van der Waals surface area contributed by atoms with Crippen molar-refractivity contribution in [3.8, 4) is 5.88 Å². The predicted molar refractivity (Wildman–Crippen MR) is 77.6 cm³/mol. The van der Waals surface area contributed by atoms with Crippen LogP contribution >= 0.6 is 0 Å². The second-order valence-corrected chi connectivity index (χ2v) is 5.23. The quantitative estimate of drug-likeness (QED) is 0.873. The van der Waals surface area contributed by atoms with Crippen LogP contribution in [0.4, 0.5) is 0 Å². The summed E-state index contributed by atoms with van der Waals surface area (Å²) in [6.45, 7) is 1.28. The van der Waals surface area contributed by atoms with Gasteiger partial charge >= 0.3 is 5.97 Å². The first-order valence-corrected chi connectivity index (χ1v) is 6.98. The Kier molecular flexibility index (Phi) is 3.70. The van der Waals surface area contributed by atoms with Crippen LogP contribution in [0.15, 0.2) is 24.3 Å². The zero-order valence-corrected chi connectivity index (χ0v) is 11.8. The van der Waals surface area contributed by atoms with Crippen molar-refractivity contribution in [2.45, 2.75) is 18.9 Å². The van der Waals surface area contributed by atoms with Crippen molar-refractivity contribution in [2.24, 2.45) is 0 Å². The van der Waals surface area contributed by atoms with Crippen molar-refractivity contribution < 1.29 is 14.6 Å². The second kappa shape index (κ2) is 5.65. The third-order valence-electron chi connectivity index (χ3n) is 3.61. The number of nitrogens with zero attached hydrogens (tertiary/aromatic N) is 3. The van der Waals surface area contributed by atoms with Crippen LogP contribution in [0.1, 0.15) is 23.5 Å². The first-order chi connectivity index (χ1) is 10.1. The van der Waals surface area contributed by atoms with Crippen molar-refractivity contribution >= 4 is 16.9 Å². The molecule has 21 heavy (non-hydrogen) atoms. The Bertz CT molecular complexity index is 670. The Labute approximate surface area is 122 Å². The fraction of sp³-hybridized carbons (Fsp3) is 0.400. The summed E-state index contributed by atoms with van der Waals surface area (Å²) in [7, 11) is 2.07. The Morgan fingerprint density at radius 2 is 2.14 bits per heavy atom. The molecule has 1 heterocycles. The second-order valence-electron chi connectivity index (χ2n) is 5.23. The molecule has 0 bridgehead atoms. The van der Waals surface area contributed by atoms with E-state index < -0.39 is 5.97 Å². The molecular weight excluding hydrogens is 270 g/mol. The van der Waals surface area contributed by atoms with Gasteiger partial charge in [0.25, 0.3) is 0 Å². The summed E-state index contributed by atoms with van der Waals surface area (Å²) in [5.41, 5.74) is 0.579. The number of carboxylic acids is 1. The smallest absolute Gasteiger partial charge is 0.374 e. The molecule has 2 aromatic rings. The van der Waals surface area contributed by atoms with Crippen LogP contribution in [0.25, 0.3) is 10.9 Å². The highest BCUT2D eigenvalue weighted by Crippen LogP contribution is 2.25. The van der Waals surface area contributed by atoms with Crippen molar-refractivity contribution in [3.63, 3.8) is 0 Å². The normalized spacial score (nSPS) is 14.6. The van der Waals surface area contributed by atoms with Gasteiger partial charge in [-0.05, 0) is 32.0 Å². The van der Waals surface area contributed by atoms with E-state index in [1.165, 1.54) is 12.8 Å². The Morgan fingerprint density at radius 3 is 2.86 bits per heavy atom. The van der Waals surface area contributed by atoms with Crippen molar-refractivity contribution in [1.29, 1.82) is 0 Å².